The number of nitro benzene ring substituents is 1. The van der Waals surface area contributed by atoms with Crippen molar-refractivity contribution in [2.24, 2.45) is 0 Å². The molecule has 1 fully saturated rings. The van der Waals surface area contributed by atoms with E-state index in [4.69, 9.17) is 10.00 Å². The molecular weight excluding hydrogens is 278 g/mol. The Hall–Kier alpha value is -1.62. The fourth-order valence-corrected chi connectivity index (χ4v) is 2.95. The number of ether oxygens (including phenoxy) is 1. The minimum atomic E-state index is -0.483. The smallest absolute Gasteiger partial charge is 0.270 e. The molecule has 0 radical (unpaired) electrons. The summed E-state index contributed by atoms with van der Waals surface area (Å²) in [7, 11) is 0. The van der Waals surface area contributed by atoms with Gasteiger partial charge in [0.15, 0.2) is 0 Å². The van der Waals surface area contributed by atoms with Crippen molar-refractivity contribution in [3.8, 4) is 6.07 Å². The number of nitro groups is 1. The quantitative estimate of drug-likeness (QED) is 0.468. The number of hydrogen-bond donors (Lipinski definition) is 0. The number of thioether (sulfide) groups is 1. The molecule has 0 bridgehead atoms. The molecule has 1 aliphatic heterocycles. The van der Waals surface area contributed by atoms with Crippen LogP contribution in [0.25, 0.3) is 0 Å². The van der Waals surface area contributed by atoms with E-state index in [-0.39, 0.29) is 5.69 Å². The monoisotopic (exact) mass is 293 g/mol. The van der Waals surface area contributed by atoms with Gasteiger partial charge in [-0.25, -0.2) is 0 Å². The highest BCUT2D eigenvalue weighted by molar-refractivity contribution is 7.99. The van der Waals surface area contributed by atoms with Crippen LogP contribution in [0.5, 0.6) is 0 Å². The Morgan fingerprint density at radius 2 is 2.20 bits per heavy atom. The summed E-state index contributed by atoms with van der Waals surface area (Å²) in [6.45, 7) is 4.34. The second kappa shape index (κ2) is 7.24. The molecule has 0 spiro atoms. The molecule has 106 valence electrons. The lowest BCUT2D eigenvalue weighted by Crippen LogP contribution is -2.37. The van der Waals surface area contributed by atoms with Gasteiger partial charge in [-0.15, -0.1) is 11.8 Å². The summed E-state index contributed by atoms with van der Waals surface area (Å²) in [5, 5.41) is 19.7. The average Bonchev–Trinajstić information content (AvgIpc) is 2.48. The number of hydrogen-bond acceptors (Lipinski definition) is 6. The van der Waals surface area contributed by atoms with Crippen LogP contribution in [0.2, 0.25) is 0 Å². The normalized spacial score (nSPS) is 15.8. The molecule has 1 heterocycles. The second-order valence-corrected chi connectivity index (χ2v) is 5.49. The standard InChI is InChI=1S/C13H15N3O3S/c14-10-11-9-12(16(17)18)1-2-13(11)20-8-5-15-3-6-19-7-4-15/h1-2,9H,3-8H2. The Kier molecular flexibility index (Phi) is 5.35. The largest absolute Gasteiger partial charge is 0.379 e. The first-order valence-corrected chi connectivity index (χ1v) is 7.30. The summed E-state index contributed by atoms with van der Waals surface area (Å²) in [6, 6.07) is 6.45. The van der Waals surface area contributed by atoms with E-state index >= 15 is 0 Å². The topological polar surface area (TPSA) is 79.4 Å². The van der Waals surface area contributed by atoms with Crippen molar-refractivity contribution in [1.82, 2.24) is 4.90 Å². The number of morpholine rings is 1. The van der Waals surface area contributed by atoms with Crippen molar-refractivity contribution in [2.45, 2.75) is 4.90 Å². The first-order chi connectivity index (χ1) is 9.70. The van der Waals surface area contributed by atoms with E-state index in [1.54, 1.807) is 17.8 Å². The zero-order valence-corrected chi connectivity index (χ0v) is 11.8. The molecule has 1 saturated heterocycles. The maximum absolute atomic E-state index is 10.7. The summed E-state index contributed by atoms with van der Waals surface area (Å²) < 4.78 is 5.28. The zero-order valence-electron chi connectivity index (χ0n) is 10.9. The molecule has 0 N–H and O–H groups in total. The molecule has 0 atom stereocenters. The van der Waals surface area contributed by atoms with E-state index < -0.39 is 4.92 Å². The van der Waals surface area contributed by atoms with Crippen molar-refractivity contribution >= 4 is 17.4 Å². The predicted molar refractivity (Wildman–Crippen MR) is 75.8 cm³/mol. The SMILES string of the molecule is N#Cc1cc([N+](=O)[O-])ccc1SCCN1CCOCC1. The predicted octanol–water partition coefficient (Wildman–Crippen LogP) is 1.89. The van der Waals surface area contributed by atoms with Crippen LogP contribution in [0, 0.1) is 21.4 Å². The first-order valence-electron chi connectivity index (χ1n) is 6.32. The molecule has 6 nitrogen and oxygen atoms in total. The number of nitriles is 1. The Balaban J connectivity index is 1.92. The van der Waals surface area contributed by atoms with Crippen LogP contribution in [0.3, 0.4) is 0 Å². The second-order valence-electron chi connectivity index (χ2n) is 4.35. The third-order valence-corrected chi connectivity index (χ3v) is 4.12. The molecule has 0 aliphatic carbocycles. The first kappa shape index (κ1) is 14.8. The van der Waals surface area contributed by atoms with Gasteiger partial charge in [0.2, 0.25) is 0 Å². The molecule has 1 aromatic rings. The van der Waals surface area contributed by atoms with Crippen LogP contribution < -0.4 is 0 Å². The van der Waals surface area contributed by atoms with Crippen LogP contribution in [0.4, 0.5) is 5.69 Å². The number of non-ortho nitro benzene ring substituents is 1. The Morgan fingerprint density at radius 1 is 1.45 bits per heavy atom. The molecule has 1 aliphatic rings. The van der Waals surface area contributed by atoms with Crippen LogP contribution in [-0.2, 0) is 4.74 Å². The van der Waals surface area contributed by atoms with E-state index in [0.29, 0.717) is 5.56 Å². The van der Waals surface area contributed by atoms with Gasteiger partial charge in [-0.1, -0.05) is 0 Å². The summed E-state index contributed by atoms with van der Waals surface area (Å²) in [4.78, 5) is 13.3. The van der Waals surface area contributed by atoms with Gasteiger partial charge in [-0.3, -0.25) is 15.0 Å². The van der Waals surface area contributed by atoms with Crippen LogP contribution in [-0.4, -0.2) is 48.4 Å². The molecule has 20 heavy (non-hydrogen) atoms. The molecule has 1 aromatic carbocycles. The lowest BCUT2D eigenvalue weighted by Gasteiger charge is -2.26. The Labute approximate surface area is 121 Å². The van der Waals surface area contributed by atoms with E-state index in [1.165, 1.54) is 12.1 Å². The van der Waals surface area contributed by atoms with Gasteiger partial charge in [-0.05, 0) is 6.07 Å². The van der Waals surface area contributed by atoms with Crippen molar-refractivity contribution in [2.75, 3.05) is 38.6 Å². The molecule has 0 unspecified atom stereocenters. The van der Waals surface area contributed by atoms with E-state index in [1.807, 2.05) is 6.07 Å². The minimum Gasteiger partial charge on any atom is -0.379 e. The van der Waals surface area contributed by atoms with Crippen molar-refractivity contribution in [3.63, 3.8) is 0 Å². The highest BCUT2D eigenvalue weighted by atomic mass is 32.2. The summed E-state index contributed by atoms with van der Waals surface area (Å²) in [5.74, 6) is 0.854. The summed E-state index contributed by atoms with van der Waals surface area (Å²) in [6.07, 6.45) is 0. The highest BCUT2D eigenvalue weighted by Crippen LogP contribution is 2.26. The summed E-state index contributed by atoms with van der Waals surface area (Å²) in [5.41, 5.74) is 0.324. The van der Waals surface area contributed by atoms with Gasteiger partial charge in [0.25, 0.3) is 5.69 Å². The lowest BCUT2D eigenvalue weighted by atomic mass is 10.2. The van der Waals surface area contributed by atoms with Crippen molar-refractivity contribution < 1.29 is 9.66 Å². The third-order valence-electron chi connectivity index (χ3n) is 3.06. The number of rotatable bonds is 5. The zero-order chi connectivity index (χ0) is 14.4. The maximum Gasteiger partial charge on any atom is 0.270 e. The highest BCUT2D eigenvalue weighted by Gasteiger charge is 2.13. The fourth-order valence-electron chi connectivity index (χ4n) is 1.95. The van der Waals surface area contributed by atoms with Gasteiger partial charge >= 0.3 is 0 Å². The lowest BCUT2D eigenvalue weighted by molar-refractivity contribution is -0.384. The fraction of sp³-hybridized carbons (Fsp3) is 0.462. The Morgan fingerprint density at radius 3 is 2.85 bits per heavy atom. The van der Waals surface area contributed by atoms with Gasteiger partial charge in [0.05, 0.1) is 23.7 Å². The van der Waals surface area contributed by atoms with Gasteiger partial charge in [-0.2, -0.15) is 5.26 Å². The summed E-state index contributed by atoms with van der Waals surface area (Å²) >= 11 is 1.56. The van der Waals surface area contributed by atoms with Gasteiger partial charge in [0.1, 0.15) is 6.07 Å². The van der Waals surface area contributed by atoms with E-state index in [0.717, 1.165) is 43.5 Å². The van der Waals surface area contributed by atoms with Crippen LogP contribution in [0.15, 0.2) is 23.1 Å². The van der Waals surface area contributed by atoms with E-state index in [2.05, 4.69) is 4.90 Å². The Bertz CT molecular complexity index is 524. The molecular formula is C13H15N3O3S. The number of nitrogens with zero attached hydrogens (tertiary/aromatic N) is 3. The molecule has 7 heteroatoms. The van der Waals surface area contributed by atoms with Gasteiger partial charge in [0, 0.05) is 42.4 Å². The third kappa shape index (κ3) is 3.93. The molecule has 2 rings (SSSR count). The minimum absolute atomic E-state index is 0.0425. The van der Waals surface area contributed by atoms with Crippen LogP contribution in [0.1, 0.15) is 5.56 Å². The van der Waals surface area contributed by atoms with Crippen molar-refractivity contribution in [1.29, 1.82) is 5.26 Å². The van der Waals surface area contributed by atoms with Crippen molar-refractivity contribution in [3.05, 3.63) is 33.9 Å². The molecule has 0 aromatic heterocycles. The molecule has 0 amide bonds. The van der Waals surface area contributed by atoms with Crippen LogP contribution >= 0.6 is 11.8 Å². The van der Waals surface area contributed by atoms with E-state index in [9.17, 15) is 10.1 Å². The number of benzene rings is 1. The maximum atomic E-state index is 10.7. The molecule has 0 saturated carbocycles. The van der Waals surface area contributed by atoms with Gasteiger partial charge < -0.3 is 4.74 Å². The average molecular weight is 293 g/mol.